The van der Waals surface area contributed by atoms with Crippen molar-refractivity contribution in [3.63, 3.8) is 0 Å². The predicted octanol–water partition coefficient (Wildman–Crippen LogP) is 0.358. The lowest BCUT2D eigenvalue weighted by molar-refractivity contribution is -0.124. The summed E-state index contributed by atoms with van der Waals surface area (Å²) in [5, 5.41) is 4.96. The van der Waals surface area contributed by atoms with Crippen LogP contribution < -0.4 is 10.6 Å². The van der Waals surface area contributed by atoms with Crippen LogP contribution in [0.4, 0.5) is 13.2 Å². The lowest BCUT2D eigenvalue weighted by Crippen LogP contribution is -2.33. The molecule has 0 aliphatic carbocycles. The zero-order valence-corrected chi connectivity index (χ0v) is 5.76. The third-order valence-electron chi connectivity index (χ3n) is 0.877. The van der Waals surface area contributed by atoms with Crippen LogP contribution in [0.5, 0.6) is 0 Å². The fraction of sp³-hybridized carbons (Fsp3) is 1.00. The van der Waals surface area contributed by atoms with Crippen LogP contribution in [-0.2, 0) is 0 Å². The molecule has 0 saturated heterocycles. The molecule has 0 atom stereocenters. The van der Waals surface area contributed by atoms with Gasteiger partial charge in [0.25, 0.3) is 0 Å². The molecule has 0 aliphatic heterocycles. The Labute approximate surface area is 57.8 Å². The summed E-state index contributed by atoms with van der Waals surface area (Å²) in [6.07, 6.45) is -4.09. The predicted molar refractivity (Wildman–Crippen MR) is 32.9 cm³/mol. The van der Waals surface area contributed by atoms with Crippen molar-refractivity contribution in [2.75, 3.05) is 26.7 Å². The van der Waals surface area contributed by atoms with Crippen LogP contribution in [0.25, 0.3) is 0 Å². The van der Waals surface area contributed by atoms with E-state index < -0.39 is 12.7 Å². The molecule has 10 heavy (non-hydrogen) atoms. The molecular weight excluding hydrogens is 145 g/mol. The van der Waals surface area contributed by atoms with Gasteiger partial charge < -0.3 is 10.6 Å². The number of likely N-dealkylation sites (N-methyl/N-ethyl adjacent to an activating group) is 1. The minimum Gasteiger partial charge on any atom is -0.318 e. The highest BCUT2D eigenvalue weighted by Crippen LogP contribution is 2.11. The first-order valence-electron chi connectivity index (χ1n) is 2.98. The molecular formula is C5H11F3N2. The van der Waals surface area contributed by atoms with Crippen molar-refractivity contribution in [1.82, 2.24) is 10.6 Å². The molecule has 0 saturated carbocycles. The highest BCUT2D eigenvalue weighted by molar-refractivity contribution is 4.55. The van der Waals surface area contributed by atoms with Gasteiger partial charge in [-0.15, -0.1) is 0 Å². The van der Waals surface area contributed by atoms with Gasteiger partial charge in [0.2, 0.25) is 0 Å². The number of halogens is 3. The molecule has 0 aromatic heterocycles. The molecule has 0 aromatic rings. The van der Waals surface area contributed by atoms with E-state index >= 15 is 0 Å². The summed E-state index contributed by atoms with van der Waals surface area (Å²) in [5.41, 5.74) is 0. The van der Waals surface area contributed by atoms with Crippen molar-refractivity contribution in [1.29, 1.82) is 0 Å². The summed E-state index contributed by atoms with van der Waals surface area (Å²) < 4.78 is 34.2. The van der Waals surface area contributed by atoms with Crippen LogP contribution in [-0.4, -0.2) is 32.9 Å². The van der Waals surface area contributed by atoms with Gasteiger partial charge in [0.1, 0.15) is 0 Å². The van der Waals surface area contributed by atoms with Gasteiger partial charge >= 0.3 is 6.18 Å². The maximum atomic E-state index is 11.4. The Hall–Kier alpha value is -0.290. The first-order valence-corrected chi connectivity index (χ1v) is 2.98. The zero-order valence-electron chi connectivity index (χ0n) is 5.76. The summed E-state index contributed by atoms with van der Waals surface area (Å²) >= 11 is 0. The number of hydrogen-bond acceptors (Lipinski definition) is 2. The van der Waals surface area contributed by atoms with Crippen molar-refractivity contribution in [3.05, 3.63) is 0 Å². The van der Waals surface area contributed by atoms with Crippen LogP contribution in [0.15, 0.2) is 0 Å². The van der Waals surface area contributed by atoms with Gasteiger partial charge in [-0.3, -0.25) is 0 Å². The van der Waals surface area contributed by atoms with Crippen molar-refractivity contribution in [2.45, 2.75) is 6.18 Å². The molecule has 2 N–H and O–H groups in total. The van der Waals surface area contributed by atoms with E-state index in [1.54, 1.807) is 7.05 Å². The van der Waals surface area contributed by atoms with Crippen LogP contribution in [0.2, 0.25) is 0 Å². The number of alkyl halides is 3. The van der Waals surface area contributed by atoms with E-state index in [0.717, 1.165) is 0 Å². The molecule has 2 nitrogen and oxygen atoms in total. The van der Waals surface area contributed by atoms with Crippen molar-refractivity contribution in [2.24, 2.45) is 0 Å². The van der Waals surface area contributed by atoms with E-state index in [1.807, 2.05) is 0 Å². The molecule has 0 rings (SSSR count). The van der Waals surface area contributed by atoms with Gasteiger partial charge in [0.05, 0.1) is 6.54 Å². The van der Waals surface area contributed by atoms with E-state index in [0.29, 0.717) is 13.1 Å². The van der Waals surface area contributed by atoms with E-state index in [1.165, 1.54) is 0 Å². The van der Waals surface area contributed by atoms with Crippen molar-refractivity contribution in [3.8, 4) is 0 Å². The third-order valence-corrected chi connectivity index (χ3v) is 0.877. The molecule has 0 spiro atoms. The Morgan fingerprint density at radius 1 is 1.20 bits per heavy atom. The summed E-state index contributed by atoms with van der Waals surface area (Å²) in [4.78, 5) is 0. The second-order valence-corrected chi connectivity index (χ2v) is 1.90. The number of nitrogens with one attached hydrogen (secondary N) is 2. The van der Waals surface area contributed by atoms with Gasteiger partial charge in [0.15, 0.2) is 0 Å². The fourth-order valence-electron chi connectivity index (χ4n) is 0.444. The first-order chi connectivity index (χ1) is 4.56. The van der Waals surface area contributed by atoms with Gasteiger partial charge in [-0.1, -0.05) is 0 Å². The second-order valence-electron chi connectivity index (χ2n) is 1.90. The summed E-state index contributed by atoms with van der Waals surface area (Å²) in [6.45, 7) is -0.0131. The van der Waals surface area contributed by atoms with Crippen molar-refractivity contribution < 1.29 is 13.2 Å². The van der Waals surface area contributed by atoms with E-state index in [9.17, 15) is 13.2 Å². The van der Waals surface area contributed by atoms with E-state index in [4.69, 9.17) is 0 Å². The Morgan fingerprint density at radius 2 is 1.80 bits per heavy atom. The SMILES string of the molecule is CNCCNCC(F)(F)F. The molecule has 0 heterocycles. The van der Waals surface area contributed by atoms with Crippen molar-refractivity contribution >= 4 is 0 Å². The monoisotopic (exact) mass is 156 g/mol. The third kappa shape index (κ3) is 7.71. The maximum absolute atomic E-state index is 11.4. The van der Waals surface area contributed by atoms with Gasteiger partial charge in [-0.2, -0.15) is 13.2 Å². The standard InChI is InChI=1S/C5H11F3N2/c1-9-2-3-10-4-5(6,7)8/h9-10H,2-4H2,1H3. The summed E-state index contributed by atoms with van der Waals surface area (Å²) in [5.74, 6) is 0. The number of rotatable bonds is 4. The van der Waals surface area contributed by atoms with E-state index in [2.05, 4.69) is 10.6 Å². The van der Waals surface area contributed by atoms with Gasteiger partial charge in [0, 0.05) is 13.1 Å². The Kier molecular flexibility index (Phi) is 4.38. The highest BCUT2D eigenvalue weighted by atomic mass is 19.4. The molecule has 0 radical (unpaired) electrons. The van der Waals surface area contributed by atoms with Crippen LogP contribution in [0.3, 0.4) is 0 Å². The molecule has 0 fully saturated rings. The lowest BCUT2D eigenvalue weighted by Gasteiger charge is -2.06. The minimum atomic E-state index is -4.09. The zero-order chi connectivity index (χ0) is 8.04. The quantitative estimate of drug-likeness (QED) is 0.574. The number of hydrogen-bond donors (Lipinski definition) is 2. The molecule has 0 unspecified atom stereocenters. The first kappa shape index (κ1) is 9.71. The second kappa shape index (κ2) is 4.51. The fourth-order valence-corrected chi connectivity index (χ4v) is 0.444. The van der Waals surface area contributed by atoms with Crippen LogP contribution >= 0.6 is 0 Å². The molecule has 0 amide bonds. The maximum Gasteiger partial charge on any atom is 0.401 e. The van der Waals surface area contributed by atoms with E-state index in [-0.39, 0.29) is 0 Å². The minimum absolute atomic E-state index is 0.343. The average molecular weight is 156 g/mol. The smallest absolute Gasteiger partial charge is 0.318 e. The topological polar surface area (TPSA) is 24.1 Å². The molecule has 5 heteroatoms. The Bertz CT molecular complexity index is 81.5. The lowest BCUT2D eigenvalue weighted by atomic mass is 10.5. The average Bonchev–Trinajstić information content (AvgIpc) is 1.78. The molecule has 62 valence electrons. The van der Waals surface area contributed by atoms with Crippen LogP contribution in [0, 0.1) is 0 Å². The summed E-state index contributed by atoms with van der Waals surface area (Å²) in [6, 6.07) is 0. The van der Waals surface area contributed by atoms with Gasteiger partial charge in [-0.25, -0.2) is 0 Å². The highest BCUT2D eigenvalue weighted by Gasteiger charge is 2.25. The normalized spacial score (nSPS) is 12.0. The van der Waals surface area contributed by atoms with Gasteiger partial charge in [-0.05, 0) is 7.05 Å². The molecule has 0 bridgehead atoms. The summed E-state index contributed by atoms with van der Waals surface area (Å²) in [7, 11) is 1.69. The Balaban J connectivity index is 3.04. The largest absolute Gasteiger partial charge is 0.401 e. The Morgan fingerprint density at radius 3 is 2.20 bits per heavy atom. The molecule has 0 aliphatic rings. The molecule has 0 aromatic carbocycles. The van der Waals surface area contributed by atoms with Crippen LogP contribution in [0.1, 0.15) is 0 Å².